The Morgan fingerprint density at radius 1 is 1.45 bits per heavy atom. The van der Waals surface area contributed by atoms with Crippen LogP contribution in [-0.2, 0) is 0 Å². The van der Waals surface area contributed by atoms with Crippen molar-refractivity contribution in [3.63, 3.8) is 0 Å². The molecule has 0 aliphatic heterocycles. The van der Waals surface area contributed by atoms with Gasteiger partial charge in [0.15, 0.2) is 0 Å². The van der Waals surface area contributed by atoms with Crippen LogP contribution in [0.15, 0.2) is 35.5 Å². The smallest absolute Gasteiger partial charge is 0.141 e. The molecule has 0 aromatic heterocycles. The third-order valence-corrected chi connectivity index (χ3v) is 5.08. The molecule has 0 amide bonds. The zero-order chi connectivity index (χ0) is 14.4. The van der Waals surface area contributed by atoms with Crippen molar-refractivity contribution < 1.29 is 5.21 Å². The number of nitrogens with two attached hydrogens (primary N) is 1. The van der Waals surface area contributed by atoms with Crippen LogP contribution < -0.4 is 11.1 Å². The molecule has 0 saturated heterocycles. The number of amidine groups is 1. The highest BCUT2D eigenvalue weighted by atomic mass is 32.2. The molecule has 1 aliphatic carbocycles. The van der Waals surface area contributed by atoms with Gasteiger partial charge in [-0.25, -0.2) is 0 Å². The van der Waals surface area contributed by atoms with Gasteiger partial charge in [0.2, 0.25) is 0 Å². The minimum Gasteiger partial charge on any atom is -0.409 e. The van der Waals surface area contributed by atoms with Crippen molar-refractivity contribution in [2.24, 2.45) is 10.9 Å². The molecule has 4 N–H and O–H groups in total. The lowest BCUT2D eigenvalue weighted by Gasteiger charge is -2.26. The monoisotopic (exact) mass is 293 g/mol. The maximum absolute atomic E-state index is 8.82. The minimum absolute atomic E-state index is 0.102. The Balaban J connectivity index is 2.10. The van der Waals surface area contributed by atoms with Gasteiger partial charge in [0, 0.05) is 23.8 Å². The van der Waals surface area contributed by atoms with E-state index in [4.69, 9.17) is 10.9 Å². The summed E-state index contributed by atoms with van der Waals surface area (Å²) < 4.78 is 0. The van der Waals surface area contributed by atoms with E-state index in [2.05, 4.69) is 28.9 Å². The highest BCUT2D eigenvalue weighted by molar-refractivity contribution is 7.99. The molecule has 3 atom stereocenters. The van der Waals surface area contributed by atoms with E-state index in [0.29, 0.717) is 17.7 Å². The molecule has 0 heterocycles. The molecule has 5 heteroatoms. The number of nitrogens with one attached hydrogen (secondary N) is 1. The number of thioether (sulfide) groups is 1. The van der Waals surface area contributed by atoms with Gasteiger partial charge in [-0.1, -0.05) is 41.9 Å². The van der Waals surface area contributed by atoms with Gasteiger partial charge in [0.05, 0.1) is 0 Å². The normalized spacial score (nSPS) is 24.8. The second kappa shape index (κ2) is 7.55. The molecule has 1 aromatic carbocycles. The highest BCUT2D eigenvalue weighted by Crippen LogP contribution is 2.31. The SMILES string of the molecule is CSC1CCCC1NC(C/C(N)=N/O)c1ccccc1. The zero-order valence-electron chi connectivity index (χ0n) is 11.8. The van der Waals surface area contributed by atoms with Gasteiger partial charge in [-0.05, 0) is 24.7 Å². The predicted molar refractivity (Wildman–Crippen MR) is 85.3 cm³/mol. The van der Waals surface area contributed by atoms with Gasteiger partial charge in [-0.2, -0.15) is 11.8 Å². The maximum atomic E-state index is 8.82. The van der Waals surface area contributed by atoms with E-state index in [9.17, 15) is 0 Å². The fourth-order valence-electron chi connectivity index (χ4n) is 2.87. The van der Waals surface area contributed by atoms with Gasteiger partial charge in [-0.15, -0.1) is 0 Å². The molecule has 1 fully saturated rings. The quantitative estimate of drug-likeness (QED) is 0.326. The summed E-state index contributed by atoms with van der Waals surface area (Å²) in [5.74, 6) is 0.269. The molecule has 0 radical (unpaired) electrons. The zero-order valence-corrected chi connectivity index (χ0v) is 12.6. The van der Waals surface area contributed by atoms with Crippen molar-refractivity contribution in [3.05, 3.63) is 35.9 Å². The molecule has 2 rings (SSSR count). The van der Waals surface area contributed by atoms with Crippen molar-refractivity contribution in [1.82, 2.24) is 5.32 Å². The van der Waals surface area contributed by atoms with Crippen LogP contribution in [0.5, 0.6) is 0 Å². The average Bonchev–Trinajstić information content (AvgIpc) is 2.94. The first kappa shape index (κ1) is 15.2. The largest absolute Gasteiger partial charge is 0.409 e. The van der Waals surface area contributed by atoms with Crippen LogP contribution in [0, 0.1) is 0 Å². The predicted octanol–water partition coefficient (Wildman–Crippen LogP) is 2.74. The summed E-state index contributed by atoms with van der Waals surface area (Å²) in [5.41, 5.74) is 6.89. The van der Waals surface area contributed by atoms with Gasteiger partial charge in [-0.3, -0.25) is 0 Å². The minimum atomic E-state index is 0.102. The molecular formula is C15H23N3OS. The second-order valence-electron chi connectivity index (χ2n) is 5.24. The van der Waals surface area contributed by atoms with E-state index < -0.39 is 0 Å². The summed E-state index contributed by atoms with van der Waals surface area (Å²) in [6.45, 7) is 0. The Hall–Kier alpha value is -1.20. The topological polar surface area (TPSA) is 70.6 Å². The van der Waals surface area contributed by atoms with Crippen molar-refractivity contribution in [2.45, 2.75) is 43.0 Å². The van der Waals surface area contributed by atoms with Crippen molar-refractivity contribution in [3.8, 4) is 0 Å². The van der Waals surface area contributed by atoms with Crippen LogP contribution in [0.2, 0.25) is 0 Å². The van der Waals surface area contributed by atoms with E-state index in [1.807, 2.05) is 30.0 Å². The van der Waals surface area contributed by atoms with E-state index in [1.165, 1.54) is 24.8 Å². The standard InChI is InChI=1S/C15H23N3OS/c1-20-14-9-5-8-12(14)17-13(10-15(16)18-19)11-6-3-2-4-7-11/h2-4,6-7,12-14,17,19H,5,8-10H2,1H3,(H2,16,18). The van der Waals surface area contributed by atoms with Gasteiger partial charge in [0.1, 0.15) is 5.84 Å². The number of hydrogen-bond acceptors (Lipinski definition) is 4. The molecule has 110 valence electrons. The fourth-order valence-corrected chi connectivity index (χ4v) is 3.81. The van der Waals surface area contributed by atoms with Gasteiger partial charge in [0.25, 0.3) is 0 Å². The summed E-state index contributed by atoms with van der Waals surface area (Å²) >= 11 is 1.93. The molecule has 4 nitrogen and oxygen atoms in total. The molecule has 0 spiro atoms. The molecule has 0 bridgehead atoms. The van der Waals surface area contributed by atoms with Crippen LogP contribution in [-0.4, -0.2) is 28.6 Å². The van der Waals surface area contributed by atoms with Crippen LogP contribution in [0.25, 0.3) is 0 Å². The van der Waals surface area contributed by atoms with Crippen LogP contribution in [0.1, 0.15) is 37.3 Å². The molecule has 1 aromatic rings. The second-order valence-corrected chi connectivity index (χ2v) is 6.31. The van der Waals surface area contributed by atoms with E-state index >= 15 is 0 Å². The lowest BCUT2D eigenvalue weighted by molar-refractivity contribution is 0.315. The summed E-state index contributed by atoms with van der Waals surface area (Å²) in [5, 5.41) is 16.3. The van der Waals surface area contributed by atoms with Gasteiger partial charge >= 0.3 is 0 Å². The first-order valence-electron chi connectivity index (χ1n) is 7.04. The summed E-state index contributed by atoms with van der Waals surface area (Å²) in [4.78, 5) is 0. The molecule has 3 unspecified atom stereocenters. The third kappa shape index (κ3) is 3.90. The molecular weight excluding hydrogens is 270 g/mol. The lowest BCUT2D eigenvalue weighted by Crippen LogP contribution is -2.38. The molecule has 1 aliphatic rings. The summed E-state index contributed by atoms with van der Waals surface area (Å²) in [7, 11) is 0. The van der Waals surface area contributed by atoms with E-state index in [-0.39, 0.29) is 11.9 Å². The Kier molecular flexibility index (Phi) is 5.73. The summed E-state index contributed by atoms with van der Waals surface area (Å²) in [6, 6.07) is 10.8. The van der Waals surface area contributed by atoms with Crippen molar-refractivity contribution in [2.75, 3.05) is 6.26 Å². The number of nitrogens with zero attached hydrogens (tertiary/aromatic N) is 1. The van der Waals surface area contributed by atoms with Crippen molar-refractivity contribution >= 4 is 17.6 Å². The first-order valence-corrected chi connectivity index (χ1v) is 8.33. The maximum Gasteiger partial charge on any atom is 0.141 e. The fraction of sp³-hybridized carbons (Fsp3) is 0.533. The highest BCUT2D eigenvalue weighted by Gasteiger charge is 2.29. The number of benzene rings is 1. The third-order valence-electron chi connectivity index (χ3n) is 3.91. The van der Waals surface area contributed by atoms with Crippen LogP contribution in [0.4, 0.5) is 0 Å². The first-order chi connectivity index (χ1) is 9.74. The average molecular weight is 293 g/mol. The van der Waals surface area contributed by atoms with E-state index in [1.54, 1.807) is 0 Å². The Labute approximate surface area is 124 Å². The van der Waals surface area contributed by atoms with Crippen molar-refractivity contribution in [1.29, 1.82) is 0 Å². The molecule has 1 saturated carbocycles. The number of hydrogen-bond donors (Lipinski definition) is 3. The van der Waals surface area contributed by atoms with Crippen LogP contribution >= 0.6 is 11.8 Å². The van der Waals surface area contributed by atoms with Gasteiger partial charge < -0.3 is 16.3 Å². The van der Waals surface area contributed by atoms with E-state index in [0.717, 1.165) is 0 Å². The lowest BCUT2D eigenvalue weighted by atomic mass is 10.0. The van der Waals surface area contributed by atoms with Crippen LogP contribution in [0.3, 0.4) is 0 Å². The summed E-state index contributed by atoms with van der Waals surface area (Å²) in [6.07, 6.45) is 6.44. The number of rotatable bonds is 6. The molecule has 20 heavy (non-hydrogen) atoms. The Morgan fingerprint density at radius 3 is 2.85 bits per heavy atom. The Morgan fingerprint density at radius 2 is 2.20 bits per heavy atom. The Bertz CT molecular complexity index is 438. The number of oxime groups is 1.